The predicted octanol–water partition coefficient (Wildman–Crippen LogP) is 3.66. The lowest BCUT2D eigenvalue weighted by atomic mass is 10.4. The summed E-state index contributed by atoms with van der Waals surface area (Å²) >= 11 is 5.01. The van der Waals surface area contributed by atoms with E-state index in [9.17, 15) is 0 Å². The van der Waals surface area contributed by atoms with Crippen LogP contribution in [-0.2, 0) is 0 Å². The van der Waals surface area contributed by atoms with E-state index < -0.39 is 0 Å². The van der Waals surface area contributed by atoms with Crippen molar-refractivity contribution in [2.45, 2.75) is 28.8 Å². The molecule has 2 heterocycles. The van der Waals surface area contributed by atoms with Gasteiger partial charge in [-0.25, -0.2) is 15.0 Å². The van der Waals surface area contributed by atoms with E-state index in [1.165, 1.54) is 12.8 Å². The molecule has 3 nitrogen and oxygen atoms in total. The van der Waals surface area contributed by atoms with Gasteiger partial charge in [0.2, 0.25) is 0 Å². The average Bonchev–Trinajstić information content (AvgIpc) is 3.13. The van der Waals surface area contributed by atoms with Gasteiger partial charge in [-0.2, -0.15) is 0 Å². The predicted molar refractivity (Wildman–Crippen MR) is 70.1 cm³/mol. The van der Waals surface area contributed by atoms with Crippen LogP contribution in [-0.4, -0.2) is 15.0 Å². The first-order chi connectivity index (χ1) is 8.31. The van der Waals surface area contributed by atoms with Crippen LogP contribution in [0.15, 0.2) is 45.1 Å². The molecular formula is C12H10BrN3S. The zero-order valence-electron chi connectivity index (χ0n) is 9.01. The largest absolute Gasteiger partial charge is 0.250 e. The Hall–Kier alpha value is -0.940. The van der Waals surface area contributed by atoms with Crippen molar-refractivity contribution in [2.75, 3.05) is 0 Å². The Balaban J connectivity index is 1.87. The minimum Gasteiger partial charge on any atom is -0.250 e. The minimum absolute atomic E-state index is 0.565. The Morgan fingerprint density at radius 3 is 2.76 bits per heavy atom. The standard InChI is InChI=1S/C12H10BrN3S/c13-9-7-11(16-12(15-9)8-4-5-8)17-10-3-1-2-6-14-10/h1-3,6-8H,4-5H2. The van der Waals surface area contributed by atoms with Crippen LogP contribution < -0.4 is 0 Å². The van der Waals surface area contributed by atoms with Gasteiger partial charge in [0, 0.05) is 18.2 Å². The van der Waals surface area contributed by atoms with Crippen LogP contribution in [0, 0.1) is 0 Å². The fourth-order valence-corrected chi connectivity index (χ4v) is 2.84. The summed E-state index contributed by atoms with van der Waals surface area (Å²) < 4.78 is 0.854. The van der Waals surface area contributed by atoms with Gasteiger partial charge in [0.15, 0.2) is 0 Å². The molecule has 2 aromatic rings. The van der Waals surface area contributed by atoms with Crippen molar-refractivity contribution in [2.24, 2.45) is 0 Å². The van der Waals surface area contributed by atoms with Crippen LogP contribution in [0.4, 0.5) is 0 Å². The van der Waals surface area contributed by atoms with Crippen LogP contribution in [0.5, 0.6) is 0 Å². The lowest BCUT2D eigenvalue weighted by Gasteiger charge is -2.03. The van der Waals surface area contributed by atoms with E-state index in [0.717, 1.165) is 20.5 Å². The summed E-state index contributed by atoms with van der Waals surface area (Å²) in [6.07, 6.45) is 4.22. The minimum atomic E-state index is 0.565. The second-order valence-electron chi connectivity index (χ2n) is 3.93. The highest BCUT2D eigenvalue weighted by Crippen LogP contribution is 2.39. The van der Waals surface area contributed by atoms with E-state index in [1.54, 1.807) is 18.0 Å². The fourth-order valence-electron chi connectivity index (χ4n) is 1.50. The van der Waals surface area contributed by atoms with Gasteiger partial charge >= 0.3 is 0 Å². The number of hydrogen-bond acceptors (Lipinski definition) is 4. The molecule has 17 heavy (non-hydrogen) atoms. The fraction of sp³-hybridized carbons (Fsp3) is 0.250. The van der Waals surface area contributed by atoms with Gasteiger partial charge in [0.25, 0.3) is 0 Å². The summed E-state index contributed by atoms with van der Waals surface area (Å²) in [5.74, 6) is 1.52. The van der Waals surface area contributed by atoms with Crippen molar-refractivity contribution >= 4 is 27.7 Å². The van der Waals surface area contributed by atoms with Crippen molar-refractivity contribution in [3.05, 3.63) is 40.9 Å². The molecule has 0 unspecified atom stereocenters. The normalized spacial score (nSPS) is 14.9. The molecule has 1 saturated carbocycles. The first-order valence-electron chi connectivity index (χ1n) is 5.44. The molecule has 1 aliphatic rings. The van der Waals surface area contributed by atoms with E-state index in [0.29, 0.717) is 5.92 Å². The second-order valence-corrected chi connectivity index (χ2v) is 5.78. The number of pyridine rings is 1. The third-order valence-corrected chi connectivity index (χ3v) is 3.75. The van der Waals surface area contributed by atoms with Crippen molar-refractivity contribution < 1.29 is 0 Å². The quantitative estimate of drug-likeness (QED) is 0.811. The van der Waals surface area contributed by atoms with E-state index in [1.807, 2.05) is 24.3 Å². The molecule has 0 N–H and O–H groups in total. The van der Waals surface area contributed by atoms with Crippen molar-refractivity contribution in [1.29, 1.82) is 0 Å². The van der Waals surface area contributed by atoms with E-state index in [2.05, 4.69) is 30.9 Å². The first-order valence-corrected chi connectivity index (χ1v) is 7.05. The summed E-state index contributed by atoms with van der Waals surface area (Å²) in [5, 5.41) is 1.91. The smallest absolute Gasteiger partial charge is 0.134 e. The Morgan fingerprint density at radius 2 is 2.06 bits per heavy atom. The summed E-state index contributed by atoms with van der Waals surface area (Å²) in [4.78, 5) is 13.3. The summed E-state index contributed by atoms with van der Waals surface area (Å²) in [7, 11) is 0. The summed E-state index contributed by atoms with van der Waals surface area (Å²) in [5.41, 5.74) is 0. The van der Waals surface area contributed by atoms with Gasteiger partial charge in [0.1, 0.15) is 20.5 Å². The molecule has 0 spiro atoms. The topological polar surface area (TPSA) is 38.7 Å². The molecule has 5 heteroatoms. The van der Waals surface area contributed by atoms with E-state index in [-0.39, 0.29) is 0 Å². The zero-order chi connectivity index (χ0) is 11.7. The summed E-state index contributed by atoms with van der Waals surface area (Å²) in [6.45, 7) is 0. The molecule has 0 aliphatic heterocycles. The molecule has 0 atom stereocenters. The molecular weight excluding hydrogens is 298 g/mol. The summed E-state index contributed by atoms with van der Waals surface area (Å²) in [6, 6.07) is 7.81. The Morgan fingerprint density at radius 1 is 1.18 bits per heavy atom. The third kappa shape index (κ3) is 2.84. The monoisotopic (exact) mass is 307 g/mol. The van der Waals surface area contributed by atoms with E-state index >= 15 is 0 Å². The molecule has 0 aromatic carbocycles. The number of rotatable bonds is 3. The molecule has 0 amide bonds. The Kier molecular flexibility index (Phi) is 3.11. The van der Waals surface area contributed by atoms with Crippen molar-refractivity contribution in [3.8, 4) is 0 Å². The molecule has 1 aliphatic carbocycles. The molecule has 3 rings (SSSR count). The van der Waals surface area contributed by atoms with Gasteiger partial charge in [-0.15, -0.1) is 0 Å². The van der Waals surface area contributed by atoms with Crippen LogP contribution in [0.1, 0.15) is 24.6 Å². The lowest BCUT2D eigenvalue weighted by molar-refractivity contribution is 0.865. The third-order valence-electron chi connectivity index (χ3n) is 2.48. The molecule has 86 valence electrons. The number of nitrogens with zero attached hydrogens (tertiary/aromatic N) is 3. The van der Waals surface area contributed by atoms with Crippen molar-refractivity contribution in [1.82, 2.24) is 15.0 Å². The van der Waals surface area contributed by atoms with Crippen LogP contribution in [0.25, 0.3) is 0 Å². The van der Waals surface area contributed by atoms with E-state index in [4.69, 9.17) is 0 Å². The van der Waals surface area contributed by atoms with Crippen LogP contribution in [0.3, 0.4) is 0 Å². The molecule has 2 aromatic heterocycles. The maximum absolute atomic E-state index is 4.57. The molecule has 0 bridgehead atoms. The zero-order valence-corrected chi connectivity index (χ0v) is 11.4. The van der Waals surface area contributed by atoms with Gasteiger partial charge < -0.3 is 0 Å². The van der Waals surface area contributed by atoms with Gasteiger partial charge in [-0.05, 0) is 52.7 Å². The number of hydrogen-bond donors (Lipinski definition) is 0. The molecule has 0 saturated heterocycles. The highest BCUT2D eigenvalue weighted by atomic mass is 79.9. The maximum Gasteiger partial charge on any atom is 0.134 e. The second kappa shape index (κ2) is 4.74. The number of aromatic nitrogens is 3. The SMILES string of the molecule is Brc1cc(Sc2ccccn2)nc(C2CC2)n1. The average molecular weight is 308 g/mol. The Labute approximate surface area is 112 Å². The molecule has 1 fully saturated rings. The Bertz CT molecular complexity index is 529. The van der Waals surface area contributed by atoms with Gasteiger partial charge in [-0.3, -0.25) is 0 Å². The highest BCUT2D eigenvalue weighted by molar-refractivity contribution is 9.10. The first kappa shape index (κ1) is 11.2. The maximum atomic E-state index is 4.57. The van der Waals surface area contributed by atoms with Gasteiger partial charge in [0.05, 0.1) is 0 Å². The van der Waals surface area contributed by atoms with Crippen LogP contribution in [0.2, 0.25) is 0 Å². The lowest BCUT2D eigenvalue weighted by Crippen LogP contribution is -1.94. The van der Waals surface area contributed by atoms with Crippen molar-refractivity contribution in [3.63, 3.8) is 0 Å². The number of halogens is 1. The highest BCUT2D eigenvalue weighted by Gasteiger charge is 2.27. The van der Waals surface area contributed by atoms with Gasteiger partial charge in [-0.1, -0.05) is 6.07 Å². The van der Waals surface area contributed by atoms with Crippen LogP contribution >= 0.6 is 27.7 Å². The molecule has 0 radical (unpaired) electrons.